The second-order valence-electron chi connectivity index (χ2n) is 8.66. The van der Waals surface area contributed by atoms with Gasteiger partial charge in [0.15, 0.2) is 6.10 Å². The first-order valence-corrected chi connectivity index (χ1v) is 11.2. The van der Waals surface area contributed by atoms with E-state index in [-0.39, 0.29) is 25.7 Å². The molecule has 12 heteroatoms. The lowest BCUT2D eigenvalue weighted by Gasteiger charge is -2.48. The summed E-state index contributed by atoms with van der Waals surface area (Å²) in [6.07, 6.45) is -5.90. The molecule has 1 aromatic carbocycles. The van der Waals surface area contributed by atoms with Crippen LogP contribution < -0.4 is 0 Å². The molecule has 1 aromatic rings. The number of hydrogen-bond acceptors (Lipinski definition) is 9. The molecular formula is C23H28O12. The van der Waals surface area contributed by atoms with E-state index in [9.17, 15) is 44.7 Å². The molecule has 0 spiro atoms. The van der Waals surface area contributed by atoms with Gasteiger partial charge in [-0.05, 0) is 31.2 Å². The van der Waals surface area contributed by atoms with Crippen LogP contribution in [-0.2, 0) is 39.8 Å². The van der Waals surface area contributed by atoms with Crippen LogP contribution in [0.2, 0.25) is 0 Å². The number of unbranched alkanes of at least 4 members (excludes halogenated alkanes) is 1. The van der Waals surface area contributed by atoms with Crippen molar-refractivity contribution in [2.24, 2.45) is 0 Å². The van der Waals surface area contributed by atoms with E-state index in [0.29, 0.717) is 12.8 Å². The lowest BCUT2D eigenvalue weighted by atomic mass is 9.74. The number of ether oxygens (including phenoxy) is 3. The summed E-state index contributed by atoms with van der Waals surface area (Å²) >= 11 is 0. The molecule has 0 radical (unpaired) electrons. The number of rotatable bonds is 11. The SMILES string of the molecule is CCCC(=O)O[C@@H]1[C@@H](O)C2(CCCCc3ccccc3)OC(C(=O)O)C(O)(C(=O)O)C1(C(=O)O)O2. The minimum absolute atomic E-state index is 0.211. The molecule has 0 aromatic heterocycles. The number of benzene rings is 1. The molecule has 3 rings (SSSR count). The summed E-state index contributed by atoms with van der Waals surface area (Å²) in [4.78, 5) is 48.8. The third-order valence-electron chi connectivity index (χ3n) is 6.40. The Morgan fingerprint density at radius 2 is 1.69 bits per heavy atom. The Morgan fingerprint density at radius 3 is 2.23 bits per heavy atom. The van der Waals surface area contributed by atoms with Gasteiger partial charge < -0.3 is 39.7 Å². The van der Waals surface area contributed by atoms with Gasteiger partial charge in [0, 0.05) is 12.8 Å². The maximum atomic E-state index is 12.5. The highest BCUT2D eigenvalue weighted by atomic mass is 16.8. The highest BCUT2D eigenvalue weighted by Gasteiger charge is 2.85. The van der Waals surface area contributed by atoms with Gasteiger partial charge in [-0.2, -0.15) is 0 Å². The number of carboxylic acids is 3. The van der Waals surface area contributed by atoms with Crippen molar-refractivity contribution in [2.75, 3.05) is 0 Å². The monoisotopic (exact) mass is 496 g/mol. The first-order valence-electron chi connectivity index (χ1n) is 11.2. The summed E-state index contributed by atoms with van der Waals surface area (Å²) in [5.74, 6) is -9.78. The molecule has 35 heavy (non-hydrogen) atoms. The number of esters is 1. The number of carbonyl (C=O) groups is 4. The Labute approximate surface area is 200 Å². The quantitative estimate of drug-likeness (QED) is 0.208. The minimum Gasteiger partial charge on any atom is -0.479 e. The van der Waals surface area contributed by atoms with Gasteiger partial charge in [-0.1, -0.05) is 37.3 Å². The molecule has 0 saturated carbocycles. The summed E-state index contributed by atoms with van der Waals surface area (Å²) < 4.78 is 16.0. The molecule has 12 nitrogen and oxygen atoms in total. The number of aliphatic carboxylic acids is 3. The first-order chi connectivity index (χ1) is 16.5. The van der Waals surface area contributed by atoms with Crippen molar-refractivity contribution in [3.05, 3.63) is 35.9 Å². The van der Waals surface area contributed by atoms with E-state index in [1.165, 1.54) is 0 Å². The standard InChI is InChI=1S/C23H28O12/c1-2-8-14(24)33-16-15(25)21(12-7-6-11-13-9-4-3-5-10-13)34-17(18(26)27)22(32,19(28)29)23(16,35-21)20(30)31/h3-5,9-10,15-17,25,32H,2,6-8,11-12H2,1H3,(H,26,27)(H,28,29)(H,30,31)/t15-,16-,17?,21?,22?,23?/m1/s1. The Hall–Kier alpha value is -3.06. The zero-order valence-corrected chi connectivity index (χ0v) is 19.0. The van der Waals surface area contributed by atoms with Gasteiger partial charge in [-0.3, -0.25) is 4.79 Å². The van der Waals surface area contributed by atoms with E-state index < -0.39 is 59.2 Å². The van der Waals surface area contributed by atoms with Crippen LogP contribution in [0.25, 0.3) is 0 Å². The van der Waals surface area contributed by atoms with Gasteiger partial charge >= 0.3 is 23.9 Å². The number of hydrogen-bond donors (Lipinski definition) is 5. The van der Waals surface area contributed by atoms with Gasteiger partial charge in [0.1, 0.15) is 6.10 Å². The van der Waals surface area contributed by atoms with Gasteiger partial charge in [0.2, 0.25) is 23.1 Å². The molecule has 5 N–H and O–H groups in total. The van der Waals surface area contributed by atoms with Crippen LogP contribution in [0, 0.1) is 0 Å². The van der Waals surface area contributed by atoms with Gasteiger partial charge in [-0.25, -0.2) is 14.4 Å². The van der Waals surface area contributed by atoms with Crippen molar-refractivity contribution in [3.63, 3.8) is 0 Å². The van der Waals surface area contributed by atoms with Crippen LogP contribution in [-0.4, -0.2) is 84.7 Å². The predicted molar refractivity (Wildman–Crippen MR) is 114 cm³/mol. The normalized spacial score (nSPS) is 33.7. The molecule has 2 fully saturated rings. The number of aryl methyl sites for hydroxylation is 1. The fourth-order valence-electron chi connectivity index (χ4n) is 4.70. The average Bonchev–Trinajstić information content (AvgIpc) is 3.01. The number of aliphatic hydroxyl groups is 2. The van der Waals surface area contributed by atoms with Crippen LogP contribution in [0.15, 0.2) is 30.3 Å². The van der Waals surface area contributed by atoms with Gasteiger partial charge in [-0.15, -0.1) is 0 Å². The number of carboxylic acid groups (broad SMARTS) is 3. The molecule has 4 unspecified atom stereocenters. The summed E-state index contributed by atoms with van der Waals surface area (Å²) in [5, 5.41) is 51.6. The number of carbonyl (C=O) groups excluding carboxylic acids is 1. The smallest absolute Gasteiger partial charge is 0.344 e. The third kappa shape index (κ3) is 4.27. The average molecular weight is 496 g/mol. The lowest BCUT2D eigenvalue weighted by molar-refractivity contribution is -0.374. The third-order valence-corrected chi connectivity index (χ3v) is 6.40. The summed E-state index contributed by atoms with van der Waals surface area (Å²) in [7, 11) is 0. The van der Waals surface area contributed by atoms with E-state index in [4.69, 9.17) is 14.2 Å². The lowest BCUT2D eigenvalue weighted by Crippen LogP contribution is -2.78. The fourth-order valence-corrected chi connectivity index (χ4v) is 4.70. The van der Waals surface area contributed by atoms with Gasteiger partial charge in [0.05, 0.1) is 0 Å². The van der Waals surface area contributed by atoms with Crippen molar-refractivity contribution >= 4 is 23.9 Å². The van der Waals surface area contributed by atoms with Crippen molar-refractivity contribution < 1.29 is 58.9 Å². The van der Waals surface area contributed by atoms with E-state index in [1.54, 1.807) is 6.92 Å². The highest BCUT2D eigenvalue weighted by molar-refractivity contribution is 5.98. The van der Waals surface area contributed by atoms with Crippen LogP contribution in [0.1, 0.15) is 44.6 Å². The van der Waals surface area contributed by atoms with Crippen LogP contribution >= 0.6 is 0 Å². The Bertz CT molecular complexity index is 980. The molecule has 2 saturated heterocycles. The van der Waals surface area contributed by atoms with Gasteiger partial charge in [0.25, 0.3) is 0 Å². The van der Waals surface area contributed by atoms with Crippen molar-refractivity contribution in [2.45, 2.75) is 80.7 Å². The molecular weight excluding hydrogens is 468 g/mol. The van der Waals surface area contributed by atoms with Crippen LogP contribution in [0.3, 0.4) is 0 Å². The molecule has 2 heterocycles. The van der Waals surface area contributed by atoms with Crippen molar-refractivity contribution in [1.82, 2.24) is 0 Å². The minimum atomic E-state index is -3.74. The summed E-state index contributed by atoms with van der Waals surface area (Å²) in [6.45, 7) is 1.62. The zero-order chi connectivity index (χ0) is 26.0. The molecule has 2 aliphatic rings. The summed E-state index contributed by atoms with van der Waals surface area (Å²) in [6, 6.07) is 9.33. The van der Waals surface area contributed by atoms with E-state index >= 15 is 0 Å². The molecule has 2 aliphatic heterocycles. The second kappa shape index (κ2) is 9.90. The molecule has 0 amide bonds. The first kappa shape index (κ1) is 26.5. The largest absolute Gasteiger partial charge is 0.479 e. The summed E-state index contributed by atoms with van der Waals surface area (Å²) in [5.41, 5.74) is -6.10. The van der Waals surface area contributed by atoms with E-state index in [1.807, 2.05) is 30.3 Å². The fraction of sp³-hybridized carbons (Fsp3) is 0.565. The molecule has 0 aliphatic carbocycles. The Balaban J connectivity index is 2.01. The molecule has 192 valence electrons. The number of fused-ring (bicyclic) bond motifs is 2. The second-order valence-corrected chi connectivity index (χ2v) is 8.66. The Kier molecular flexibility index (Phi) is 7.50. The Morgan fingerprint density at radius 1 is 1.03 bits per heavy atom. The predicted octanol–water partition coefficient (Wildman–Crippen LogP) is 0.321. The van der Waals surface area contributed by atoms with Crippen LogP contribution in [0.4, 0.5) is 0 Å². The maximum absolute atomic E-state index is 12.5. The van der Waals surface area contributed by atoms with Crippen molar-refractivity contribution in [1.29, 1.82) is 0 Å². The zero-order valence-electron chi connectivity index (χ0n) is 19.0. The number of aliphatic hydroxyl groups excluding tert-OH is 1. The van der Waals surface area contributed by atoms with E-state index in [0.717, 1.165) is 5.56 Å². The topological polar surface area (TPSA) is 197 Å². The molecule has 6 atom stereocenters. The van der Waals surface area contributed by atoms with Crippen molar-refractivity contribution in [3.8, 4) is 0 Å². The highest BCUT2D eigenvalue weighted by Crippen LogP contribution is 2.55. The van der Waals surface area contributed by atoms with E-state index in [2.05, 4.69) is 0 Å². The maximum Gasteiger partial charge on any atom is 0.344 e. The van der Waals surface area contributed by atoms with Crippen LogP contribution in [0.5, 0.6) is 0 Å². The molecule has 2 bridgehead atoms.